The molecule has 0 aromatic rings. The second-order valence-electron chi connectivity index (χ2n) is 4.64. The monoisotopic (exact) mass is 238 g/mol. The second-order valence-corrected chi connectivity index (χ2v) is 4.64. The minimum absolute atomic E-state index is 0.128. The van der Waals surface area contributed by atoms with Gasteiger partial charge in [-0.25, -0.2) is 5.43 Å². The van der Waals surface area contributed by atoms with Crippen LogP contribution >= 0.6 is 0 Å². The molecule has 0 bridgehead atoms. The lowest BCUT2D eigenvalue weighted by molar-refractivity contribution is -0.121. The number of hydrogen-bond donors (Lipinski definition) is 3. The van der Waals surface area contributed by atoms with Crippen LogP contribution in [0.2, 0.25) is 0 Å². The van der Waals surface area contributed by atoms with Crippen molar-refractivity contribution in [3.05, 3.63) is 0 Å². The third-order valence-electron chi connectivity index (χ3n) is 3.13. The maximum Gasteiger partial charge on any atom is 0.267 e. The van der Waals surface area contributed by atoms with Crippen LogP contribution in [0.25, 0.3) is 0 Å². The van der Waals surface area contributed by atoms with Gasteiger partial charge < -0.3 is 10.6 Å². The first-order valence-corrected chi connectivity index (χ1v) is 6.05. The normalized spacial score (nSPS) is 29.2. The average molecular weight is 238 g/mol. The molecule has 6 nitrogen and oxygen atoms in total. The highest BCUT2D eigenvalue weighted by atomic mass is 16.2. The molecule has 2 unspecified atom stereocenters. The van der Waals surface area contributed by atoms with Gasteiger partial charge in [-0.2, -0.15) is 5.10 Å². The summed E-state index contributed by atoms with van der Waals surface area (Å²) in [6, 6.07) is 0.640. The molecule has 0 aromatic heterocycles. The van der Waals surface area contributed by atoms with Gasteiger partial charge in [-0.15, -0.1) is 0 Å². The lowest BCUT2D eigenvalue weighted by atomic mass is 10.00. The van der Waals surface area contributed by atoms with Crippen molar-refractivity contribution >= 4 is 17.5 Å². The molecule has 0 aromatic carbocycles. The summed E-state index contributed by atoms with van der Waals surface area (Å²) in [5.74, 6) is -0.277. The molecule has 2 rings (SSSR count). The highest BCUT2D eigenvalue weighted by molar-refractivity contribution is 6.39. The zero-order valence-electron chi connectivity index (χ0n) is 9.95. The van der Waals surface area contributed by atoms with Crippen LogP contribution in [0.5, 0.6) is 0 Å². The minimum Gasteiger partial charge on any atom is -0.348 e. The highest BCUT2D eigenvalue weighted by Crippen LogP contribution is 2.09. The Bertz CT molecular complexity index is 353. The van der Waals surface area contributed by atoms with E-state index in [1.54, 1.807) is 0 Å². The van der Waals surface area contributed by atoms with Crippen LogP contribution in [0.3, 0.4) is 0 Å². The van der Waals surface area contributed by atoms with E-state index in [0.29, 0.717) is 24.6 Å². The molecule has 2 aliphatic rings. The average Bonchev–Trinajstić information content (AvgIpc) is 2.29. The van der Waals surface area contributed by atoms with Crippen molar-refractivity contribution in [3.63, 3.8) is 0 Å². The summed E-state index contributed by atoms with van der Waals surface area (Å²) < 4.78 is 0. The maximum absolute atomic E-state index is 11.9. The summed E-state index contributed by atoms with van der Waals surface area (Å²) in [6.07, 6.45) is 2.65. The van der Waals surface area contributed by atoms with E-state index >= 15 is 0 Å². The lowest BCUT2D eigenvalue weighted by Crippen LogP contribution is -2.49. The van der Waals surface area contributed by atoms with E-state index in [2.05, 4.69) is 28.1 Å². The molecular formula is C11H18N4O2. The molecule has 17 heavy (non-hydrogen) atoms. The number of hydrazone groups is 1. The second kappa shape index (κ2) is 5.27. The van der Waals surface area contributed by atoms with E-state index in [1.165, 1.54) is 0 Å². The molecule has 94 valence electrons. The SMILES string of the molecule is CC1CC(NC(=O)C2=NNC(=O)CC2)CCN1. The maximum atomic E-state index is 11.9. The van der Waals surface area contributed by atoms with Crippen LogP contribution in [-0.2, 0) is 9.59 Å². The van der Waals surface area contributed by atoms with Gasteiger partial charge in [0.1, 0.15) is 5.71 Å². The van der Waals surface area contributed by atoms with E-state index in [-0.39, 0.29) is 17.9 Å². The number of amides is 2. The van der Waals surface area contributed by atoms with Crippen LogP contribution < -0.4 is 16.1 Å². The first-order valence-electron chi connectivity index (χ1n) is 6.05. The molecule has 2 amide bonds. The van der Waals surface area contributed by atoms with Crippen LogP contribution in [0.15, 0.2) is 5.10 Å². The van der Waals surface area contributed by atoms with Gasteiger partial charge in [0.25, 0.3) is 5.91 Å². The van der Waals surface area contributed by atoms with Crippen LogP contribution in [0.4, 0.5) is 0 Å². The fourth-order valence-electron chi connectivity index (χ4n) is 2.17. The molecule has 1 saturated heterocycles. The van der Waals surface area contributed by atoms with Crippen molar-refractivity contribution in [3.8, 4) is 0 Å². The number of carbonyl (C=O) groups excluding carboxylic acids is 2. The van der Waals surface area contributed by atoms with Crippen molar-refractivity contribution in [2.45, 2.75) is 44.7 Å². The Labute approximate surface area is 100 Å². The number of hydrogen-bond acceptors (Lipinski definition) is 4. The standard InChI is InChI=1S/C11H18N4O2/c1-7-6-8(4-5-12-7)13-11(17)9-2-3-10(16)15-14-9/h7-8,12H,2-6H2,1H3,(H,13,17)(H,15,16). The zero-order valence-corrected chi connectivity index (χ0v) is 9.95. The molecular weight excluding hydrogens is 220 g/mol. The molecule has 1 fully saturated rings. The first-order chi connectivity index (χ1) is 8.15. The molecule has 0 spiro atoms. The largest absolute Gasteiger partial charge is 0.348 e. The van der Waals surface area contributed by atoms with Crippen molar-refractivity contribution in [2.75, 3.05) is 6.54 Å². The van der Waals surface area contributed by atoms with E-state index in [1.807, 2.05) is 0 Å². The van der Waals surface area contributed by atoms with E-state index in [4.69, 9.17) is 0 Å². The van der Waals surface area contributed by atoms with Gasteiger partial charge in [-0.3, -0.25) is 9.59 Å². The van der Waals surface area contributed by atoms with Crippen molar-refractivity contribution in [1.29, 1.82) is 0 Å². The quantitative estimate of drug-likeness (QED) is 0.607. The van der Waals surface area contributed by atoms with Gasteiger partial charge in [-0.1, -0.05) is 0 Å². The van der Waals surface area contributed by atoms with Gasteiger partial charge in [0, 0.05) is 24.9 Å². The first kappa shape index (κ1) is 12.0. The Kier molecular flexibility index (Phi) is 3.73. The van der Waals surface area contributed by atoms with Crippen molar-refractivity contribution in [1.82, 2.24) is 16.1 Å². The summed E-state index contributed by atoms with van der Waals surface area (Å²) in [4.78, 5) is 22.8. The van der Waals surface area contributed by atoms with Gasteiger partial charge in [0.05, 0.1) is 0 Å². The summed E-state index contributed by atoms with van der Waals surface area (Å²) in [5, 5.41) is 10.1. The van der Waals surface area contributed by atoms with Gasteiger partial charge >= 0.3 is 0 Å². The third-order valence-corrected chi connectivity index (χ3v) is 3.13. The Morgan fingerprint density at radius 2 is 2.29 bits per heavy atom. The fourth-order valence-corrected chi connectivity index (χ4v) is 2.17. The van der Waals surface area contributed by atoms with Crippen LogP contribution in [-0.4, -0.2) is 36.2 Å². The predicted molar refractivity (Wildman–Crippen MR) is 63.4 cm³/mol. The van der Waals surface area contributed by atoms with Gasteiger partial charge in [0.2, 0.25) is 5.91 Å². The minimum atomic E-state index is -0.149. The molecule has 2 atom stereocenters. The Balaban J connectivity index is 1.86. The Morgan fingerprint density at radius 1 is 1.47 bits per heavy atom. The molecule has 6 heteroatoms. The summed E-state index contributed by atoms with van der Waals surface area (Å²) in [7, 11) is 0. The topological polar surface area (TPSA) is 82.6 Å². The summed E-state index contributed by atoms with van der Waals surface area (Å²) >= 11 is 0. The number of nitrogens with zero attached hydrogens (tertiary/aromatic N) is 1. The molecule has 2 heterocycles. The molecule has 3 N–H and O–H groups in total. The van der Waals surface area contributed by atoms with Crippen molar-refractivity contribution < 1.29 is 9.59 Å². The van der Waals surface area contributed by atoms with Gasteiger partial charge in [0.15, 0.2) is 0 Å². The molecule has 2 aliphatic heterocycles. The highest BCUT2D eigenvalue weighted by Gasteiger charge is 2.23. The van der Waals surface area contributed by atoms with Crippen LogP contribution in [0, 0.1) is 0 Å². The van der Waals surface area contributed by atoms with E-state index in [9.17, 15) is 9.59 Å². The third kappa shape index (κ3) is 3.26. The molecule has 0 radical (unpaired) electrons. The predicted octanol–water partition coefficient (Wildman–Crippen LogP) is -0.491. The van der Waals surface area contributed by atoms with E-state index < -0.39 is 0 Å². The van der Waals surface area contributed by atoms with E-state index in [0.717, 1.165) is 19.4 Å². The Morgan fingerprint density at radius 3 is 2.94 bits per heavy atom. The number of rotatable bonds is 2. The summed E-state index contributed by atoms with van der Waals surface area (Å²) in [5.41, 5.74) is 2.76. The lowest BCUT2D eigenvalue weighted by Gasteiger charge is -2.28. The smallest absolute Gasteiger partial charge is 0.267 e. The molecule has 0 saturated carbocycles. The molecule has 0 aliphatic carbocycles. The Hall–Kier alpha value is -1.43. The van der Waals surface area contributed by atoms with Crippen LogP contribution in [0.1, 0.15) is 32.6 Å². The fraction of sp³-hybridized carbons (Fsp3) is 0.727. The zero-order chi connectivity index (χ0) is 12.3. The summed E-state index contributed by atoms with van der Waals surface area (Å²) in [6.45, 7) is 3.03. The number of carbonyl (C=O) groups is 2. The number of piperidine rings is 1. The van der Waals surface area contributed by atoms with Crippen molar-refractivity contribution in [2.24, 2.45) is 5.10 Å². The number of nitrogens with one attached hydrogen (secondary N) is 3. The van der Waals surface area contributed by atoms with Gasteiger partial charge in [-0.05, 0) is 26.3 Å².